The highest BCUT2D eigenvalue weighted by molar-refractivity contribution is 9.10. The third kappa shape index (κ3) is 5.34. The van der Waals surface area contributed by atoms with E-state index in [-0.39, 0.29) is 18.3 Å². The first-order valence-electron chi connectivity index (χ1n) is 7.79. The fourth-order valence-electron chi connectivity index (χ4n) is 2.06. The van der Waals surface area contributed by atoms with Gasteiger partial charge in [0.25, 0.3) is 11.1 Å². The van der Waals surface area contributed by atoms with Gasteiger partial charge in [0, 0.05) is 10.2 Å². The standard InChI is InChI=1S/C18H16BrN3O3S/c1-12-9-13(7-8-15(12)19)20-16(23)11-26-18-22-21-17(25-18)10-24-14-5-3-2-4-6-14/h2-9H,10-11H2,1H3,(H,20,23). The van der Waals surface area contributed by atoms with E-state index >= 15 is 0 Å². The number of ether oxygens (including phenoxy) is 1. The zero-order valence-electron chi connectivity index (χ0n) is 13.9. The van der Waals surface area contributed by atoms with Crippen molar-refractivity contribution in [1.29, 1.82) is 0 Å². The number of carbonyl (C=O) groups is 1. The molecule has 0 radical (unpaired) electrons. The number of aryl methyl sites for hydroxylation is 1. The summed E-state index contributed by atoms with van der Waals surface area (Å²) in [5.74, 6) is 1.12. The van der Waals surface area contributed by atoms with Crippen molar-refractivity contribution in [1.82, 2.24) is 10.2 Å². The molecule has 6 nitrogen and oxygen atoms in total. The zero-order valence-corrected chi connectivity index (χ0v) is 16.3. The Bertz CT molecular complexity index is 886. The molecule has 1 amide bonds. The van der Waals surface area contributed by atoms with E-state index in [2.05, 4.69) is 31.4 Å². The largest absolute Gasteiger partial charge is 0.484 e. The second-order valence-corrected chi connectivity index (χ2v) is 7.15. The molecule has 1 N–H and O–H groups in total. The highest BCUT2D eigenvalue weighted by Gasteiger charge is 2.11. The van der Waals surface area contributed by atoms with Crippen LogP contribution in [0.2, 0.25) is 0 Å². The number of thioether (sulfide) groups is 1. The van der Waals surface area contributed by atoms with E-state index in [9.17, 15) is 4.79 Å². The number of benzene rings is 2. The Morgan fingerprint density at radius 2 is 2.04 bits per heavy atom. The van der Waals surface area contributed by atoms with Gasteiger partial charge in [-0.1, -0.05) is 45.9 Å². The summed E-state index contributed by atoms with van der Waals surface area (Å²) >= 11 is 4.61. The fourth-order valence-corrected chi connectivity index (χ4v) is 2.89. The molecule has 1 aromatic heterocycles. The van der Waals surface area contributed by atoms with Gasteiger partial charge in [-0.2, -0.15) is 0 Å². The van der Waals surface area contributed by atoms with Crippen LogP contribution >= 0.6 is 27.7 Å². The van der Waals surface area contributed by atoms with Gasteiger partial charge in [-0.15, -0.1) is 10.2 Å². The van der Waals surface area contributed by atoms with Crippen LogP contribution in [0, 0.1) is 6.92 Å². The number of nitrogens with one attached hydrogen (secondary N) is 1. The summed E-state index contributed by atoms with van der Waals surface area (Å²) in [7, 11) is 0. The Morgan fingerprint density at radius 1 is 1.23 bits per heavy atom. The molecule has 0 aliphatic rings. The maximum absolute atomic E-state index is 12.0. The number of nitrogens with zero attached hydrogens (tertiary/aromatic N) is 2. The molecule has 0 aliphatic heterocycles. The van der Waals surface area contributed by atoms with E-state index in [0.717, 1.165) is 21.5 Å². The lowest BCUT2D eigenvalue weighted by Gasteiger charge is -2.06. The molecule has 2 aromatic carbocycles. The van der Waals surface area contributed by atoms with E-state index in [0.29, 0.717) is 11.1 Å². The zero-order chi connectivity index (χ0) is 18.4. The van der Waals surface area contributed by atoms with Crippen LogP contribution in [-0.4, -0.2) is 21.9 Å². The van der Waals surface area contributed by atoms with Gasteiger partial charge in [0.1, 0.15) is 5.75 Å². The van der Waals surface area contributed by atoms with Crippen LogP contribution in [0.5, 0.6) is 5.75 Å². The summed E-state index contributed by atoms with van der Waals surface area (Å²) in [6.45, 7) is 2.15. The predicted octanol–water partition coefficient (Wildman–Crippen LogP) is 4.45. The minimum absolute atomic E-state index is 0.142. The van der Waals surface area contributed by atoms with Gasteiger partial charge in [-0.05, 0) is 42.8 Å². The molecule has 0 bridgehead atoms. The molecule has 0 aliphatic carbocycles. The van der Waals surface area contributed by atoms with Gasteiger partial charge in [0.15, 0.2) is 6.61 Å². The number of para-hydroxylation sites is 1. The Balaban J connectivity index is 1.46. The lowest BCUT2D eigenvalue weighted by atomic mass is 10.2. The van der Waals surface area contributed by atoms with E-state index in [1.165, 1.54) is 11.8 Å². The van der Waals surface area contributed by atoms with Crippen molar-refractivity contribution in [3.05, 3.63) is 64.5 Å². The molecule has 0 atom stereocenters. The molecule has 8 heteroatoms. The average molecular weight is 434 g/mol. The van der Waals surface area contributed by atoms with Crippen molar-refractivity contribution >= 4 is 39.3 Å². The Morgan fingerprint density at radius 3 is 2.81 bits per heavy atom. The van der Waals surface area contributed by atoms with Crippen LogP contribution in [0.4, 0.5) is 5.69 Å². The quantitative estimate of drug-likeness (QED) is 0.554. The maximum atomic E-state index is 12.0. The number of hydrogen-bond donors (Lipinski definition) is 1. The van der Waals surface area contributed by atoms with Crippen LogP contribution < -0.4 is 10.1 Å². The molecule has 26 heavy (non-hydrogen) atoms. The second kappa shape index (κ2) is 8.86. The average Bonchev–Trinajstić information content (AvgIpc) is 3.10. The number of amides is 1. The highest BCUT2D eigenvalue weighted by Crippen LogP contribution is 2.21. The van der Waals surface area contributed by atoms with Gasteiger partial charge < -0.3 is 14.5 Å². The molecule has 134 valence electrons. The third-order valence-electron chi connectivity index (χ3n) is 3.32. The minimum atomic E-state index is -0.142. The summed E-state index contributed by atoms with van der Waals surface area (Å²) < 4.78 is 12.0. The van der Waals surface area contributed by atoms with Crippen LogP contribution in [0.15, 0.2) is 62.6 Å². The SMILES string of the molecule is Cc1cc(NC(=O)CSc2nnc(COc3ccccc3)o2)ccc1Br. The van der Waals surface area contributed by atoms with Gasteiger partial charge in [-0.25, -0.2) is 0 Å². The lowest BCUT2D eigenvalue weighted by Crippen LogP contribution is -2.14. The summed E-state index contributed by atoms with van der Waals surface area (Å²) in [6, 6.07) is 15.0. The summed E-state index contributed by atoms with van der Waals surface area (Å²) in [5, 5.41) is 11.0. The van der Waals surface area contributed by atoms with Gasteiger partial charge in [0.05, 0.1) is 5.75 Å². The van der Waals surface area contributed by atoms with E-state index in [4.69, 9.17) is 9.15 Å². The second-order valence-electron chi connectivity index (χ2n) is 5.36. The predicted molar refractivity (Wildman–Crippen MR) is 103 cm³/mol. The van der Waals surface area contributed by atoms with E-state index in [1.54, 1.807) is 0 Å². The van der Waals surface area contributed by atoms with Gasteiger partial charge in [0.2, 0.25) is 5.91 Å². The monoisotopic (exact) mass is 433 g/mol. The molecule has 3 rings (SSSR count). The summed E-state index contributed by atoms with van der Waals surface area (Å²) in [5.41, 5.74) is 1.80. The number of halogens is 1. The van der Waals surface area contributed by atoms with Crippen molar-refractivity contribution in [3.63, 3.8) is 0 Å². The fraction of sp³-hybridized carbons (Fsp3) is 0.167. The Kier molecular flexibility index (Phi) is 6.30. The van der Waals surface area contributed by atoms with Crippen molar-refractivity contribution in [2.75, 3.05) is 11.1 Å². The first-order chi connectivity index (χ1) is 12.6. The number of hydrogen-bond acceptors (Lipinski definition) is 6. The van der Waals surface area contributed by atoms with Crippen molar-refractivity contribution in [3.8, 4) is 5.75 Å². The summed E-state index contributed by atoms with van der Waals surface area (Å²) in [4.78, 5) is 12.0. The molecule has 0 fully saturated rings. The number of anilines is 1. The van der Waals surface area contributed by atoms with Crippen LogP contribution in [-0.2, 0) is 11.4 Å². The maximum Gasteiger partial charge on any atom is 0.277 e. The van der Waals surface area contributed by atoms with E-state index in [1.807, 2.05) is 55.5 Å². The Labute approximate surface area is 163 Å². The molecule has 3 aromatic rings. The van der Waals surface area contributed by atoms with Crippen LogP contribution in [0.25, 0.3) is 0 Å². The number of rotatable bonds is 7. The highest BCUT2D eigenvalue weighted by atomic mass is 79.9. The third-order valence-corrected chi connectivity index (χ3v) is 5.03. The van der Waals surface area contributed by atoms with Crippen molar-refractivity contribution in [2.24, 2.45) is 0 Å². The molecule has 1 heterocycles. The molecular weight excluding hydrogens is 418 g/mol. The van der Waals surface area contributed by atoms with Crippen molar-refractivity contribution in [2.45, 2.75) is 18.8 Å². The van der Waals surface area contributed by atoms with Crippen LogP contribution in [0.1, 0.15) is 11.5 Å². The molecule has 0 unspecified atom stereocenters. The smallest absolute Gasteiger partial charge is 0.277 e. The Hall–Kier alpha value is -2.32. The number of carbonyl (C=O) groups excluding carboxylic acids is 1. The number of aromatic nitrogens is 2. The first kappa shape index (κ1) is 18.5. The lowest BCUT2D eigenvalue weighted by molar-refractivity contribution is -0.113. The molecular formula is C18H16BrN3O3S. The molecule has 0 saturated heterocycles. The normalized spacial score (nSPS) is 10.5. The van der Waals surface area contributed by atoms with Gasteiger partial charge >= 0.3 is 0 Å². The summed E-state index contributed by atoms with van der Waals surface area (Å²) in [6.07, 6.45) is 0. The van der Waals surface area contributed by atoms with Gasteiger partial charge in [-0.3, -0.25) is 4.79 Å². The molecule has 0 saturated carbocycles. The minimum Gasteiger partial charge on any atom is -0.484 e. The topological polar surface area (TPSA) is 77.2 Å². The van der Waals surface area contributed by atoms with Crippen molar-refractivity contribution < 1.29 is 13.9 Å². The van der Waals surface area contributed by atoms with Crippen LogP contribution in [0.3, 0.4) is 0 Å². The molecule has 0 spiro atoms. The first-order valence-corrected chi connectivity index (χ1v) is 9.57. The van der Waals surface area contributed by atoms with E-state index < -0.39 is 0 Å².